The Morgan fingerprint density at radius 1 is 1.12 bits per heavy atom. The van der Waals surface area contributed by atoms with Gasteiger partial charge in [0.05, 0.1) is 11.6 Å². The number of hydrogen-bond donors (Lipinski definition) is 1. The van der Waals surface area contributed by atoms with Gasteiger partial charge in [0.25, 0.3) is 0 Å². The summed E-state index contributed by atoms with van der Waals surface area (Å²) in [4.78, 5) is 26.3. The molecule has 0 aromatic heterocycles. The first-order valence-corrected chi connectivity index (χ1v) is 8.81. The van der Waals surface area contributed by atoms with Gasteiger partial charge in [-0.25, -0.2) is 0 Å². The van der Waals surface area contributed by atoms with Crippen molar-refractivity contribution < 1.29 is 9.59 Å². The molecule has 1 aliphatic rings. The Bertz CT molecular complexity index is 733. The summed E-state index contributed by atoms with van der Waals surface area (Å²) in [5.41, 5.74) is 2.01. The van der Waals surface area contributed by atoms with Crippen molar-refractivity contribution >= 4 is 33.4 Å². The molecule has 0 spiro atoms. The number of hydrogen-bond acceptors (Lipinski definition) is 2. The Balaban J connectivity index is 1.55. The molecule has 5 heteroatoms. The van der Waals surface area contributed by atoms with Crippen molar-refractivity contribution in [1.82, 2.24) is 5.32 Å². The second-order valence-corrected chi connectivity index (χ2v) is 6.74. The monoisotopic (exact) mass is 386 g/mol. The maximum Gasteiger partial charge on any atom is 0.227 e. The quantitative estimate of drug-likeness (QED) is 0.857. The molecule has 2 aromatic carbocycles. The first-order valence-electron chi connectivity index (χ1n) is 8.01. The molecule has 1 saturated heterocycles. The highest BCUT2D eigenvalue weighted by Gasteiger charge is 2.35. The molecule has 2 aromatic rings. The van der Waals surface area contributed by atoms with Gasteiger partial charge in [0.2, 0.25) is 11.8 Å². The third-order valence-corrected chi connectivity index (χ3v) is 4.87. The summed E-state index contributed by atoms with van der Waals surface area (Å²) in [5.74, 6) is -0.348. The Hall–Kier alpha value is -2.14. The fraction of sp³-hybridized carbons (Fsp3) is 0.263. The van der Waals surface area contributed by atoms with Crippen molar-refractivity contribution in [3.8, 4) is 0 Å². The van der Waals surface area contributed by atoms with E-state index in [0.717, 1.165) is 16.6 Å². The summed E-state index contributed by atoms with van der Waals surface area (Å²) in [6, 6.07) is 17.6. The lowest BCUT2D eigenvalue weighted by molar-refractivity contribution is -0.126. The molecule has 4 nitrogen and oxygen atoms in total. The number of carbonyl (C=O) groups excluding carboxylic acids is 2. The number of anilines is 1. The zero-order valence-corrected chi connectivity index (χ0v) is 14.8. The molecule has 3 rings (SSSR count). The molecular formula is C19H19BrN2O2. The van der Waals surface area contributed by atoms with Crippen LogP contribution in [0.4, 0.5) is 5.69 Å². The van der Waals surface area contributed by atoms with Crippen LogP contribution in [0.5, 0.6) is 0 Å². The minimum atomic E-state index is -0.291. The van der Waals surface area contributed by atoms with Crippen molar-refractivity contribution in [3.63, 3.8) is 0 Å². The third kappa shape index (κ3) is 3.85. The van der Waals surface area contributed by atoms with E-state index in [4.69, 9.17) is 0 Å². The predicted octanol–water partition coefficient (Wildman–Crippen LogP) is 3.16. The smallest absolute Gasteiger partial charge is 0.227 e. The summed E-state index contributed by atoms with van der Waals surface area (Å²) in [6.07, 6.45) is 1.06. The number of halogens is 1. The minimum Gasteiger partial charge on any atom is -0.355 e. The summed E-state index contributed by atoms with van der Waals surface area (Å²) in [7, 11) is 0. The van der Waals surface area contributed by atoms with Crippen LogP contribution in [0.1, 0.15) is 12.0 Å². The van der Waals surface area contributed by atoms with E-state index in [0.29, 0.717) is 13.1 Å². The van der Waals surface area contributed by atoms with E-state index in [1.165, 1.54) is 5.56 Å². The number of nitrogens with one attached hydrogen (secondary N) is 1. The van der Waals surface area contributed by atoms with Crippen molar-refractivity contribution in [2.24, 2.45) is 5.92 Å². The van der Waals surface area contributed by atoms with Gasteiger partial charge in [0.15, 0.2) is 0 Å². The van der Waals surface area contributed by atoms with Gasteiger partial charge in [0.1, 0.15) is 0 Å². The second-order valence-electron chi connectivity index (χ2n) is 5.88. The van der Waals surface area contributed by atoms with Crippen molar-refractivity contribution in [2.45, 2.75) is 12.8 Å². The number of carbonyl (C=O) groups is 2. The van der Waals surface area contributed by atoms with Crippen LogP contribution in [0.3, 0.4) is 0 Å². The molecule has 1 N–H and O–H groups in total. The number of amides is 2. The summed E-state index contributed by atoms with van der Waals surface area (Å²) < 4.78 is 0.864. The highest BCUT2D eigenvalue weighted by atomic mass is 79.9. The highest BCUT2D eigenvalue weighted by Crippen LogP contribution is 2.31. The minimum absolute atomic E-state index is 0.00916. The highest BCUT2D eigenvalue weighted by molar-refractivity contribution is 9.10. The summed E-state index contributed by atoms with van der Waals surface area (Å²) in [6.45, 7) is 1.02. The van der Waals surface area contributed by atoms with Gasteiger partial charge in [-0.05, 0) is 40.0 Å². The largest absolute Gasteiger partial charge is 0.355 e. The van der Waals surface area contributed by atoms with Crippen molar-refractivity contribution in [2.75, 3.05) is 18.0 Å². The van der Waals surface area contributed by atoms with Crippen LogP contribution in [0, 0.1) is 5.92 Å². The van der Waals surface area contributed by atoms with Gasteiger partial charge in [-0.3, -0.25) is 9.59 Å². The van der Waals surface area contributed by atoms with Crippen LogP contribution in [0.15, 0.2) is 59.1 Å². The summed E-state index contributed by atoms with van der Waals surface area (Å²) in [5, 5.41) is 2.95. The molecule has 0 bridgehead atoms. The number of rotatable bonds is 5. The van der Waals surface area contributed by atoms with Crippen molar-refractivity contribution in [3.05, 3.63) is 64.6 Å². The molecule has 1 atom stereocenters. The van der Waals surface area contributed by atoms with E-state index in [9.17, 15) is 9.59 Å². The van der Waals surface area contributed by atoms with Crippen molar-refractivity contribution in [1.29, 1.82) is 0 Å². The number of nitrogens with zero attached hydrogens (tertiary/aromatic N) is 1. The molecule has 0 aliphatic carbocycles. The molecule has 1 aliphatic heterocycles. The zero-order valence-electron chi connectivity index (χ0n) is 13.2. The van der Waals surface area contributed by atoms with E-state index >= 15 is 0 Å². The maximum absolute atomic E-state index is 12.3. The SMILES string of the molecule is O=C(NCCc1ccccc1)C1CC(=O)N(c2ccccc2Br)C1. The van der Waals surface area contributed by atoms with Gasteiger partial charge < -0.3 is 10.2 Å². The Labute approximate surface area is 150 Å². The second kappa shape index (κ2) is 7.62. The third-order valence-electron chi connectivity index (χ3n) is 4.19. The van der Waals surface area contributed by atoms with E-state index in [-0.39, 0.29) is 24.2 Å². The van der Waals surface area contributed by atoms with Gasteiger partial charge >= 0.3 is 0 Å². The van der Waals surface area contributed by atoms with Gasteiger partial charge in [-0.1, -0.05) is 42.5 Å². The van der Waals surface area contributed by atoms with E-state index < -0.39 is 0 Å². The van der Waals surface area contributed by atoms with Crippen LogP contribution in [-0.4, -0.2) is 24.9 Å². The Morgan fingerprint density at radius 2 is 1.83 bits per heavy atom. The predicted molar refractivity (Wildman–Crippen MR) is 97.8 cm³/mol. The normalized spacial score (nSPS) is 17.1. The molecule has 1 unspecified atom stereocenters. The van der Waals surface area contributed by atoms with Gasteiger partial charge in [-0.2, -0.15) is 0 Å². The average Bonchev–Trinajstić information content (AvgIpc) is 2.98. The van der Waals surface area contributed by atoms with Crippen LogP contribution in [0.25, 0.3) is 0 Å². The standard InChI is InChI=1S/C19H19BrN2O2/c20-16-8-4-5-9-17(16)22-13-15(12-18(22)23)19(24)21-11-10-14-6-2-1-3-7-14/h1-9,15H,10-13H2,(H,21,24). The van der Waals surface area contributed by atoms with E-state index in [1.807, 2.05) is 54.6 Å². The molecule has 1 heterocycles. The maximum atomic E-state index is 12.3. The van der Waals surface area contributed by atoms with Gasteiger partial charge in [0, 0.05) is 24.0 Å². The Kier molecular flexibility index (Phi) is 5.30. The molecule has 0 radical (unpaired) electrons. The lowest BCUT2D eigenvalue weighted by Crippen LogP contribution is -2.34. The molecule has 1 fully saturated rings. The van der Waals surface area contributed by atoms with E-state index in [2.05, 4.69) is 21.2 Å². The van der Waals surface area contributed by atoms with Crippen LogP contribution in [0.2, 0.25) is 0 Å². The molecule has 124 valence electrons. The fourth-order valence-corrected chi connectivity index (χ4v) is 3.40. The van der Waals surface area contributed by atoms with E-state index in [1.54, 1.807) is 4.90 Å². The molecule has 0 saturated carbocycles. The van der Waals surface area contributed by atoms with Gasteiger partial charge in [-0.15, -0.1) is 0 Å². The van der Waals surface area contributed by atoms with Crippen LogP contribution in [-0.2, 0) is 16.0 Å². The lowest BCUT2D eigenvalue weighted by Gasteiger charge is -2.18. The lowest BCUT2D eigenvalue weighted by atomic mass is 10.1. The molecule has 24 heavy (non-hydrogen) atoms. The van der Waals surface area contributed by atoms with Crippen LogP contribution < -0.4 is 10.2 Å². The first-order chi connectivity index (χ1) is 11.6. The first kappa shape index (κ1) is 16.7. The zero-order chi connectivity index (χ0) is 16.9. The number of para-hydroxylation sites is 1. The Morgan fingerprint density at radius 3 is 2.58 bits per heavy atom. The summed E-state index contributed by atoms with van der Waals surface area (Å²) >= 11 is 3.46. The van der Waals surface area contributed by atoms with Crippen LogP contribution >= 0.6 is 15.9 Å². The topological polar surface area (TPSA) is 49.4 Å². The molecule has 2 amide bonds. The molecular weight excluding hydrogens is 368 g/mol. The fourth-order valence-electron chi connectivity index (χ4n) is 2.91. The average molecular weight is 387 g/mol. The number of benzene rings is 2.